The minimum absolute atomic E-state index is 0.197. The maximum absolute atomic E-state index is 13.0. The Kier molecular flexibility index (Phi) is 5.72. The maximum atomic E-state index is 13.0. The molecule has 0 bridgehead atoms. The van der Waals surface area contributed by atoms with E-state index in [9.17, 15) is 4.79 Å². The zero-order chi connectivity index (χ0) is 18.4. The molecule has 0 spiro atoms. The molecule has 0 heterocycles. The molecule has 3 rings (SSSR count). The molecule has 4 heteroatoms. The average Bonchev–Trinajstić information content (AvgIpc) is 2.69. The molecule has 0 aliphatic heterocycles. The lowest BCUT2D eigenvalue weighted by molar-refractivity contribution is 0.0987. The number of rotatable bonds is 6. The third kappa shape index (κ3) is 4.32. The zero-order valence-electron chi connectivity index (χ0n) is 14.2. The first-order valence-corrected chi connectivity index (χ1v) is 8.43. The summed E-state index contributed by atoms with van der Waals surface area (Å²) >= 11 is 5.94. The fraction of sp³-hybridized carbons (Fsp3) is 0.0455. The number of ether oxygens (including phenoxy) is 2. The van der Waals surface area contributed by atoms with Gasteiger partial charge in [0, 0.05) is 10.6 Å². The lowest BCUT2D eigenvalue weighted by Crippen LogP contribution is -2.10. The Morgan fingerprint density at radius 1 is 0.846 bits per heavy atom. The molecule has 0 aromatic heterocycles. The number of Topliss-reactive ketones (excluding diaryl/α,β-unsaturated/α-hetero) is 1. The molecule has 0 fully saturated rings. The van der Waals surface area contributed by atoms with Crippen molar-refractivity contribution in [3.05, 3.63) is 101 Å². The van der Waals surface area contributed by atoms with Crippen molar-refractivity contribution in [1.29, 1.82) is 0 Å². The van der Waals surface area contributed by atoms with E-state index in [1.54, 1.807) is 49.6 Å². The van der Waals surface area contributed by atoms with Gasteiger partial charge in [-0.2, -0.15) is 0 Å². The van der Waals surface area contributed by atoms with Gasteiger partial charge < -0.3 is 9.47 Å². The van der Waals surface area contributed by atoms with Gasteiger partial charge in [-0.3, -0.25) is 4.79 Å². The highest BCUT2D eigenvalue weighted by Gasteiger charge is 2.16. The minimum Gasteiger partial charge on any atom is -0.493 e. The summed E-state index contributed by atoms with van der Waals surface area (Å²) in [6.45, 7) is 0. The van der Waals surface area contributed by atoms with Crippen molar-refractivity contribution in [3.63, 3.8) is 0 Å². The van der Waals surface area contributed by atoms with E-state index < -0.39 is 0 Å². The number of methoxy groups -OCH3 is 1. The van der Waals surface area contributed by atoms with Crippen LogP contribution in [-0.4, -0.2) is 12.9 Å². The quantitative estimate of drug-likeness (QED) is 0.322. The standard InChI is InChI=1S/C22H17ClO3/c1-25-19-9-5-6-10-20(19)26-21(15-16-11-13-18(23)14-12-16)22(24)17-7-3-2-4-8-17/h2-15H,1H3/b21-15+. The van der Waals surface area contributed by atoms with E-state index in [1.807, 2.05) is 42.5 Å². The monoisotopic (exact) mass is 364 g/mol. The number of hydrogen-bond acceptors (Lipinski definition) is 3. The second-order valence-corrected chi connectivity index (χ2v) is 5.94. The van der Waals surface area contributed by atoms with Crippen molar-refractivity contribution in [2.45, 2.75) is 0 Å². The Hall–Kier alpha value is -3.04. The Bertz CT molecular complexity index is 916. The summed E-state index contributed by atoms with van der Waals surface area (Å²) in [7, 11) is 1.56. The number of carbonyl (C=O) groups is 1. The van der Waals surface area contributed by atoms with Gasteiger partial charge in [-0.1, -0.05) is 66.2 Å². The molecule has 0 aliphatic rings. The minimum atomic E-state index is -0.216. The molecular weight excluding hydrogens is 348 g/mol. The van der Waals surface area contributed by atoms with Gasteiger partial charge in [-0.25, -0.2) is 0 Å². The summed E-state index contributed by atoms with van der Waals surface area (Å²) < 4.78 is 11.3. The SMILES string of the molecule is COc1ccccc1O/C(=C/c1ccc(Cl)cc1)C(=O)c1ccccc1. The third-order valence-corrected chi connectivity index (χ3v) is 3.97. The predicted molar refractivity (Wildman–Crippen MR) is 104 cm³/mol. The van der Waals surface area contributed by atoms with Gasteiger partial charge in [0.2, 0.25) is 5.78 Å². The van der Waals surface area contributed by atoms with Crippen molar-refractivity contribution >= 4 is 23.5 Å². The van der Waals surface area contributed by atoms with Gasteiger partial charge in [0.1, 0.15) is 0 Å². The van der Waals surface area contributed by atoms with Gasteiger partial charge in [-0.05, 0) is 35.9 Å². The first-order chi connectivity index (χ1) is 12.7. The van der Waals surface area contributed by atoms with E-state index in [0.717, 1.165) is 5.56 Å². The summed E-state index contributed by atoms with van der Waals surface area (Å²) in [6, 6.07) is 23.4. The molecule has 26 heavy (non-hydrogen) atoms. The summed E-state index contributed by atoms with van der Waals surface area (Å²) in [4.78, 5) is 13.0. The topological polar surface area (TPSA) is 35.5 Å². The van der Waals surface area contributed by atoms with Gasteiger partial charge in [0.25, 0.3) is 0 Å². The number of halogens is 1. The van der Waals surface area contributed by atoms with Gasteiger partial charge in [0.15, 0.2) is 17.3 Å². The van der Waals surface area contributed by atoms with E-state index in [2.05, 4.69) is 0 Å². The van der Waals surface area contributed by atoms with Gasteiger partial charge in [0.05, 0.1) is 7.11 Å². The normalized spacial score (nSPS) is 11.1. The Balaban J connectivity index is 2.01. The van der Waals surface area contributed by atoms with Crippen LogP contribution in [0.25, 0.3) is 6.08 Å². The molecule has 0 saturated heterocycles. The van der Waals surface area contributed by atoms with Crippen LogP contribution in [0, 0.1) is 0 Å². The third-order valence-electron chi connectivity index (χ3n) is 3.72. The van der Waals surface area contributed by atoms with Crippen LogP contribution in [-0.2, 0) is 0 Å². The smallest absolute Gasteiger partial charge is 0.228 e. The molecule has 3 aromatic carbocycles. The number of ketones is 1. The van der Waals surface area contributed by atoms with E-state index in [0.29, 0.717) is 22.1 Å². The fourth-order valence-electron chi connectivity index (χ4n) is 2.41. The molecule has 0 aliphatic carbocycles. The van der Waals surface area contributed by atoms with Crippen LogP contribution in [0.4, 0.5) is 0 Å². The van der Waals surface area contributed by atoms with E-state index in [-0.39, 0.29) is 11.5 Å². The number of allylic oxidation sites excluding steroid dienone is 1. The first-order valence-electron chi connectivity index (χ1n) is 8.05. The largest absolute Gasteiger partial charge is 0.493 e. The molecule has 0 amide bonds. The molecule has 0 radical (unpaired) electrons. The second-order valence-electron chi connectivity index (χ2n) is 5.51. The van der Waals surface area contributed by atoms with Crippen LogP contribution in [0.1, 0.15) is 15.9 Å². The number of para-hydroxylation sites is 2. The zero-order valence-corrected chi connectivity index (χ0v) is 14.9. The van der Waals surface area contributed by atoms with Crippen LogP contribution >= 0.6 is 11.6 Å². The maximum Gasteiger partial charge on any atom is 0.228 e. The fourth-order valence-corrected chi connectivity index (χ4v) is 2.53. The van der Waals surface area contributed by atoms with Gasteiger partial charge >= 0.3 is 0 Å². The molecule has 0 N–H and O–H groups in total. The van der Waals surface area contributed by atoms with E-state index >= 15 is 0 Å². The van der Waals surface area contributed by atoms with Crippen LogP contribution in [0.3, 0.4) is 0 Å². The van der Waals surface area contributed by atoms with Crippen molar-refractivity contribution in [2.75, 3.05) is 7.11 Å². The summed E-state index contributed by atoms with van der Waals surface area (Å²) in [5.41, 5.74) is 1.35. The highest BCUT2D eigenvalue weighted by Crippen LogP contribution is 2.29. The first kappa shape index (κ1) is 17.8. The van der Waals surface area contributed by atoms with Crippen molar-refractivity contribution in [3.8, 4) is 11.5 Å². The van der Waals surface area contributed by atoms with Crippen LogP contribution in [0.2, 0.25) is 5.02 Å². The highest BCUT2D eigenvalue weighted by atomic mass is 35.5. The molecule has 0 saturated carbocycles. The van der Waals surface area contributed by atoms with Gasteiger partial charge in [-0.15, -0.1) is 0 Å². The number of carbonyl (C=O) groups excluding carboxylic acids is 1. The lowest BCUT2D eigenvalue weighted by atomic mass is 10.1. The Labute approximate surface area is 157 Å². The molecule has 0 atom stereocenters. The molecule has 130 valence electrons. The summed E-state index contributed by atoms with van der Waals surface area (Å²) in [5, 5.41) is 0.628. The van der Waals surface area contributed by atoms with Crippen molar-refractivity contribution in [1.82, 2.24) is 0 Å². The highest BCUT2D eigenvalue weighted by molar-refractivity contribution is 6.30. The predicted octanol–water partition coefficient (Wildman–Crippen LogP) is 5.65. The molecule has 3 nitrogen and oxygen atoms in total. The summed E-state index contributed by atoms with van der Waals surface area (Å²) in [6.07, 6.45) is 1.69. The second kappa shape index (κ2) is 8.37. The molecular formula is C22H17ClO3. The number of benzene rings is 3. The van der Waals surface area contributed by atoms with Crippen LogP contribution < -0.4 is 9.47 Å². The average molecular weight is 365 g/mol. The number of hydrogen-bond donors (Lipinski definition) is 0. The van der Waals surface area contributed by atoms with Crippen LogP contribution in [0.5, 0.6) is 11.5 Å². The van der Waals surface area contributed by atoms with Crippen molar-refractivity contribution in [2.24, 2.45) is 0 Å². The van der Waals surface area contributed by atoms with Crippen molar-refractivity contribution < 1.29 is 14.3 Å². The van der Waals surface area contributed by atoms with Crippen LogP contribution in [0.15, 0.2) is 84.6 Å². The van der Waals surface area contributed by atoms with E-state index in [4.69, 9.17) is 21.1 Å². The summed E-state index contributed by atoms with van der Waals surface area (Å²) in [5.74, 6) is 1.00. The Morgan fingerprint density at radius 3 is 2.12 bits per heavy atom. The molecule has 3 aromatic rings. The lowest BCUT2D eigenvalue weighted by Gasteiger charge is -2.12. The van der Waals surface area contributed by atoms with E-state index in [1.165, 1.54) is 0 Å². The Morgan fingerprint density at radius 2 is 1.46 bits per heavy atom. The molecule has 0 unspecified atom stereocenters.